The van der Waals surface area contributed by atoms with Crippen molar-refractivity contribution in [3.05, 3.63) is 36.9 Å². The molecular weight excluding hydrogens is 260 g/mol. The normalized spacial score (nSPS) is 11.2. The van der Waals surface area contributed by atoms with E-state index < -0.39 is 10.0 Å². The lowest BCUT2D eigenvalue weighted by atomic mass is 10.2. The Kier molecular flexibility index (Phi) is 6.59. The molecule has 0 saturated carbocycles. The van der Waals surface area contributed by atoms with E-state index in [1.165, 1.54) is 6.08 Å². The minimum Gasteiger partial charge on any atom is -0.384 e. The zero-order valence-corrected chi connectivity index (χ0v) is 12.2. The zero-order chi connectivity index (χ0) is 14.1. The Bertz CT molecular complexity index is 498. The number of sulfonamides is 1. The molecule has 19 heavy (non-hydrogen) atoms. The lowest BCUT2D eigenvalue weighted by molar-refractivity contribution is 0.586. The van der Waals surface area contributed by atoms with Crippen LogP contribution in [0.5, 0.6) is 0 Å². The van der Waals surface area contributed by atoms with E-state index in [1.807, 2.05) is 6.07 Å². The summed E-state index contributed by atoms with van der Waals surface area (Å²) in [6.45, 7) is 6.65. The topological polar surface area (TPSA) is 58.2 Å². The third-order valence-corrected chi connectivity index (χ3v) is 4.17. The van der Waals surface area contributed by atoms with Crippen molar-refractivity contribution in [2.24, 2.45) is 0 Å². The molecule has 0 fully saturated rings. The number of benzene rings is 1. The highest BCUT2D eigenvalue weighted by Crippen LogP contribution is 2.20. The van der Waals surface area contributed by atoms with Gasteiger partial charge in [-0.15, -0.1) is 6.58 Å². The standard InChI is InChI=1S/C14H22N2O2S/c1-3-5-8-12-15-13-9-6-7-10-14(13)19(17,18)16-11-4-2/h4,6-7,9-10,15-16H,2-3,5,8,11-12H2,1H3. The van der Waals surface area contributed by atoms with Crippen molar-refractivity contribution in [1.29, 1.82) is 0 Å². The average Bonchev–Trinajstić information content (AvgIpc) is 2.42. The zero-order valence-electron chi connectivity index (χ0n) is 11.4. The van der Waals surface area contributed by atoms with Crippen molar-refractivity contribution in [2.75, 3.05) is 18.4 Å². The maximum atomic E-state index is 12.1. The molecule has 5 heteroatoms. The van der Waals surface area contributed by atoms with E-state index in [9.17, 15) is 8.42 Å². The van der Waals surface area contributed by atoms with Crippen LogP contribution in [-0.4, -0.2) is 21.5 Å². The van der Waals surface area contributed by atoms with Gasteiger partial charge in [0.1, 0.15) is 4.90 Å². The molecule has 0 spiro atoms. The van der Waals surface area contributed by atoms with Crippen LogP contribution < -0.4 is 10.0 Å². The van der Waals surface area contributed by atoms with Gasteiger partial charge in [-0.3, -0.25) is 0 Å². The van der Waals surface area contributed by atoms with Crippen LogP contribution in [0.1, 0.15) is 26.2 Å². The van der Waals surface area contributed by atoms with Gasteiger partial charge in [0.25, 0.3) is 0 Å². The Morgan fingerprint density at radius 1 is 1.26 bits per heavy atom. The van der Waals surface area contributed by atoms with E-state index in [0.29, 0.717) is 5.69 Å². The van der Waals surface area contributed by atoms with E-state index in [2.05, 4.69) is 23.5 Å². The fraction of sp³-hybridized carbons (Fsp3) is 0.429. The van der Waals surface area contributed by atoms with Crippen molar-refractivity contribution in [3.63, 3.8) is 0 Å². The molecule has 4 nitrogen and oxygen atoms in total. The second-order valence-electron chi connectivity index (χ2n) is 4.27. The molecule has 0 unspecified atom stereocenters. The van der Waals surface area contributed by atoms with Crippen molar-refractivity contribution in [1.82, 2.24) is 4.72 Å². The molecule has 1 rings (SSSR count). The van der Waals surface area contributed by atoms with Crippen LogP contribution >= 0.6 is 0 Å². The second kappa shape index (κ2) is 7.96. The largest absolute Gasteiger partial charge is 0.384 e. The molecule has 0 aliphatic rings. The van der Waals surface area contributed by atoms with Crippen LogP contribution in [-0.2, 0) is 10.0 Å². The second-order valence-corrected chi connectivity index (χ2v) is 6.01. The van der Waals surface area contributed by atoms with Gasteiger partial charge in [-0.1, -0.05) is 38.0 Å². The summed E-state index contributed by atoms with van der Waals surface area (Å²) in [4.78, 5) is 0.286. The third kappa shape index (κ3) is 5.04. The minimum atomic E-state index is -3.48. The number of anilines is 1. The fourth-order valence-corrected chi connectivity index (χ4v) is 2.87. The quantitative estimate of drug-likeness (QED) is 0.541. The molecule has 0 amide bonds. The van der Waals surface area contributed by atoms with Gasteiger partial charge in [0.05, 0.1) is 5.69 Å². The summed E-state index contributed by atoms with van der Waals surface area (Å²) in [7, 11) is -3.48. The van der Waals surface area contributed by atoms with Crippen LogP contribution in [0.4, 0.5) is 5.69 Å². The molecule has 1 aromatic carbocycles. The average molecular weight is 282 g/mol. The number of unbranched alkanes of at least 4 members (excludes halogenated alkanes) is 2. The lowest BCUT2D eigenvalue weighted by Gasteiger charge is -2.12. The van der Waals surface area contributed by atoms with Gasteiger partial charge in [0.15, 0.2) is 0 Å². The van der Waals surface area contributed by atoms with Crippen molar-refractivity contribution in [3.8, 4) is 0 Å². The van der Waals surface area contributed by atoms with Crippen molar-refractivity contribution in [2.45, 2.75) is 31.1 Å². The van der Waals surface area contributed by atoms with E-state index >= 15 is 0 Å². The fourth-order valence-electron chi connectivity index (χ4n) is 1.69. The monoisotopic (exact) mass is 282 g/mol. The highest BCUT2D eigenvalue weighted by Gasteiger charge is 2.16. The van der Waals surface area contributed by atoms with E-state index in [1.54, 1.807) is 18.2 Å². The summed E-state index contributed by atoms with van der Waals surface area (Å²) in [6, 6.07) is 6.94. The number of nitrogens with one attached hydrogen (secondary N) is 2. The lowest BCUT2D eigenvalue weighted by Crippen LogP contribution is -2.24. The summed E-state index contributed by atoms with van der Waals surface area (Å²) in [5.41, 5.74) is 0.648. The van der Waals surface area contributed by atoms with Gasteiger partial charge >= 0.3 is 0 Å². The predicted octanol–water partition coefficient (Wildman–Crippen LogP) is 2.75. The van der Waals surface area contributed by atoms with Crippen LogP contribution in [0.2, 0.25) is 0 Å². The molecule has 0 aliphatic carbocycles. The third-order valence-electron chi connectivity index (χ3n) is 2.69. The Morgan fingerprint density at radius 2 is 2.00 bits per heavy atom. The van der Waals surface area contributed by atoms with Gasteiger partial charge in [0.2, 0.25) is 10.0 Å². The molecule has 0 saturated heterocycles. The maximum Gasteiger partial charge on any atom is 0.242 e. The number of hydrogen-bond donors (Lipinski definition) is 2. The van der Waals surface area contributed by atoms with Gasteiger partial charge in [-0.25, -0.2) is 13.1 Å². The SMILES string of the molecule is C=CCNS(=O)(=O)c1ccccc1NCCCCC. The summed E-state index contributed by atoms with van der Waals surface area (Å²) in [5, 5.41) is 3.19. The summed E-state index contributed by atoms with van der Waals surface area (Å²) in [6.07, 6.45) is 4.83. The molecule has 0 atom stereocenters. The van der Waals surface area contributed by atoms with Crippen LogP contribution in [0.3, 0.4) is 0 Å². The van der Waals surface area contributed by atoms with Gasteiger partial charge in [-0.2, -0.15) is 0 Å². The first kappa shape index (κ1) is 15.7. The van der Waals surface area contributed by atoms with Gasteiger partial charge in [-0.05, 0) is 18.6 Å². The molecule has 1 aromatic rings. The van der Waals surface area contributed by atoms with Gasteiger partial charge < -0.3 is 5.32 Å². The first-order valence-electron chi connectivity index (χ1n) is 6.55. The first-order valence-corrected chi connectivity index (χ1v) is 8.03. The molecule has 0 heterocycles. The summed E-state index contributed by atoms with van der Waals surface area (Å²) in [5.74, 6) is 0. The summed E-state index contributed by atoms with van der Waals surface area (Å²) >= 11 is 0. The van der Waals surface area contributed by atoms with Crippen LogP contribution in [0, 0.1) is 0 Å². The van der Waals surface area contributed by atoms with Gasteiger partial charge in [0, 0.05) is 13.1 Å². The smallest absolute Gasteiger partial charge is 0.242 e. The van der Waals surface area contributed by atoms with E-state index in [-0.39, 0.29) is 11.4 Å². The molecule has 2 N–H and O–H groups in total. The molecular formula is C14H22N2O2S. The van der Waals surface area contributed by atoms with E-state index in [4.69, 9.17) is 0 Å². The van der Waals surface area contributed by atoms with E-state index in [0.717, 1.165) is 25.8 Å². The number of hydrogen-bond acceptors (Lipinski definition) is 3. The molecule has 0 radical (unpaired) electrons. The number of rotatable bonds is 9. The van der Waals surface area contributed by atoms with Crippen LogP contribution in [0.15, 0.2) is 41.8 Å². The molecule has 106 valence electrons. The Hall–Kier alpha value is -1.33. The number of para-hydroxylation sites is 1. The Balaban J connectivity index is 2.80. The maximum absolute atomic E-state index is 12.1. The summed E-state index contributed by atoms with van der Waals surface area (Å²) < 4.78 is 26.7. The highest BCUT2D eigenvalue weighted by atomic mass is 32.2. The Labute approximate surface area is 116 Å². The molecule has 0 bridgehead atoms. The van der Waals surface area contributed by atoms with Crippen molar-refractivity contribution < 1.29 is 8.42 Å². The van der Waals surface area contributed by atoms with Crippen molar-refractivity contribution >= 4 is 15.7 Å². The van der Waals surface area contributed by atoms with Crippen LogP contribution in [0.25, 0.3) is 0 Å². The molecule has 0 aliphatic heterocycles. The highest BCUT2D eigenvalue weighted by molar-refractivity contribution is 7.89. The first-order chi connectivity index (χ1) is 9.11. The Morgan fingerprint density at radius 3 is 2.68 bits per heavy atom. The predicted molar refractivity (Wildman–Crippen MR) is 79.8 cm³/mol. The molecule has 0 aromatic heterocycles. The minimum absolute atomic E-state index is 0.229.